The highest BCUT2D eigenvalue weighted by molar-refractivity contribution is 7.91. The predicted octanol–water partition coefficient (Wildman–Crippen LogP) is 4.09. The number of sulfone groups is 1. The molecule has 13 heteroatoms. The van der Waals surface area contributed by atoms with E-state index < -0.39 is 56.2 Å². The van der Waals surface area contributed by atoms with E-state index in [1.165, 1.54) is 17.7 Å². The molecule has 1 heterocycles. The zero-order valence-corrected chi connectivity index (χ0v) is 20.5. The van der Waals surface area contributed by atoms with Crippen molar-refractivity contribution >= 4 is 33.1 Å². The van der Waals surface area contributed by atoms with Gasteiger partial charge in [0.1, 0.15) is 5.92 Å². The highest BCUT2D eigenvalue weighted by atomic mass is 32.2. The summed E-state index contributed by atoms with van der Waals surface area (Å²) in [5.74, 6) is -4.41. The molecule has 1 unspecified atom stereocenters. The van der Waals surface area contributed by atoms with E-state index in [1.54, 1.807) is 31.2 Å². The van der Waals surface area contributed by atoms with Gasteiger partial charge in [0.05, 0.1) is 39.0 Å². The highest BCUT2D eigenvalue weighted by Crippen LogP contribution is 2.35. The molecule has 9 nitrogen and oxygen atoms in total. The monoisotopic (exact) mass is 536 g/mol. The van der Waals surface area contributed by atoms with Crippen molar-refractivity contribution in [3.63, 3.8) is 0 Å². The molecule has 37 heavy (non-hydrogen) atoms. The maximum absolute atomic E-state index is 13.3. The molecule has 1 aromatic heterocycles. The molecule has 0 aliphatic heterocycles. The SMILES string of the molecule is CC(=O)Nc1cccc(-n2nc(C)cc2C(=N)C(CCS(=O)(=O)c2ccccc2C(F)(F)F)C(=O)O)c1. The second-order valence-corrected chi connectivity index (χ2v) is 10.3. The van der Waals surface area contributed by atoms with E-state index in [0.717, 1.165) is 18.2 Å². The number of carbonyl (C=O) groups excluding carboxylic acids is 1. The van der Waals surface area contributed by atoms with Gasteiger partial charge in [-0.05, 0) is 49.7 Å². The molecule has 0 saturated heterocycles. The van der Waals surface area contributed by atoms with Crippen molar-refractivity contribution in [2.45, 2.75) is 31.3 Å². The van der Waals surface area contributed by atoms with Crippen LogP contribution in [0.15, 0.2) is 59.5 Å². The number of hydrogen-bond acceptors (Lipinski definition) is 6. The number of anilines is 1. The molecule has 0 aliphatic carbocycles. The number of rotatable bonds is 9. The number of nitrogens with one attached hydrogen (secondary N) is 2. The largest absolute Gasteiger partial charge is 0.481 e. The Balaban J connectivity index is 1.93. The first-order chi connectivity index (χ1) is 17.2. The quantitative estimate of drug-likeness (QED) is 0.352. The van der Waals surface area contributed by atoms with E-state index in [2.05, 4.69) is 10.4 Å². The fourth-order valence-corrected chi connectivity index (χ4v) is 5.30. The van der Waals surface area contributed by atoms with Crippen LogP contribution in [0.3, 0.4) is 0 Å². The number of carbonyl (C=O) groups is 2. The minimum Gasteiger partial charge on any atom is -0.481 e. The van der Waals surface area contributed by atoms with Gasteiger partial charge >= 0.3 is 12.1 Å². The third-order valence-corrected chi connectivity index (χ3v) is 7.17. The minimum atomic E-state index is -4.92. The molecule has 0 radical (unpaired) electrons. The van der Waals surface area contributed by atoms with Gasteiger partial charge in [-0.2, -0.15) is 18.3 Å². The molecule has 3 N–H and O–H groups in total. The summed E-state index contributed by atoms with van der Waals surface area (Å²) in [5.41, 5.74) is -0.504. The number of alkyl halides is 3. The Morgan fingerprint density at radius 2 is 1.81 bits per heavy atom. The molecule has 0 spiro atoms. The number of amides is 1. The lowest BCUT2D eigenvalue weighted by atomic mass is 9.97. The van der Waals surface area contributed by atoms with Crippen LogP contribution in [0.5, 0.6) is 0 Å². The van der Waals surface area contributed by atoms with Crippen LogP contribution in [0.2, 0.25) is 0 Å². The van der Waals surface area contributed by atoms with Gasteiger partial charge < -0.3 is 15.8 Å². The lowest BCUT2D eigenvalue weighted by molar-refractivity contribution is -0.140. The first-order valence-corrected chi connectivity index (χ1v) is 12.5. The van der Waals surface area contributed by atoms with E-state index in [4.69, 9.17) is 5.41 Å². The molecule has 2 aromatic carbocycles. The molecule has 3 rings (SSSR count). The lowest BCUT2D eigenvalue weighted by Gasteiger charge is -2.17. The van der Waals surface area contributed by atoms with Crippen LogP contribution in [0.4, 0.5) is 18.9 Å². The number of aliphatic carboxylic acids is 1. The second-order valence-electron chi connectivity index (χ2n) is 8.22. The van der Waals surface area contributed by atoms with Gasteiger partial charge in [0.2, 0.25) is 5.91 Å². The van der Waals surface area contributed by atoms with Gasteiger partial charge in [0.15, 0.2) is 9.84 Å². The number of hydrogen-bond donors (Lipinski definition) is 3. The molecule has 0 fully saturated rings. The van der Waals surface area contributed by atoms with Gasteiger partial charge in [-0.15, -0.1) is 0 Å². The Hall–Kier alpha value is -4.00. The summed E-state index contributed by atoms with van der Waals surface area (Å²) in [6.07, 6.45) is -5.56. The molecule has 0 aliphatic rings. The number of carboxylic acid groups (broad SMARTS) is 1. The molecule has 0 saturated carbocycles. The van der Waals surface area contributed by atoms with Crippen molar-refractivity contribution in [1.82, 2.24) is 9.78 Å². The Kier molecular flexibility index (Phi) is 7.86. The molecule has 0 bridgehead atoms. The van der Waals surface area contributed by atoms with Crippen LogP contribution in [0.25, 0.3) is 5.69 Å². The third kappa shape index (κ3) is 6.42. The Labute approximate surface area is 210 Å². The smallest absolute Gasteiger partial charge is 0.417 e. The van der Waals surface area contributed by atoms with Crippen LogP contribution in [-0.4, -0.2) is 46.6 Å². The van der Waals surface area contributed by atoms with Crippen molar-refractivity contribution in [3.8, 4) is 5.69 Å². The molecule has 3 aromatic rings. The van der Waals surface area contributed by atoms with Gasteiger partial charge in [-0.3, -0.25) is 9.59 Å². The number of aryl methyl sites for hydroxylation is 1. The topological polar surface area (TPSA) is 142 Å². The van der Waals surface area contributed by atoms with Gasteiger partial charge in [0, 0.05) is 12.6 Å². The Morgan fingerprint density at radius 1 is 1.14 bits per heavy atom. The van der Waals surface area contributed by atoms with Crippen LogP contribution < -0.4 is 5.32 Å². The third-order valence-electron chi connectivity index (χ3n) is 5.37. The summed E-state index contributed by atoms with van der Waals surface area (Å²) in [6, 6.07) is 11.5. The zero-order chi connectivity index (χ0) is 27.5. The fraction of sp³-hybridized carbons (Fsp3) is 0.250. The van der Waals surface area contributed by atoms with E-state index in [-0.39, 0.29) is 11.6 Å². The van der Waals surface area contributed by atoms with Gasteiger partial charge in [-0.1, -0.05) is 18.2 Å². The summed E-state index contributed by atoms with van der Waals surface area (Å²) in [4.78, 5) is 22.5. The zero-order valence-electron chi connectivity index (χ0n) is 19.7. The summed E-state index contributed by atoms with van der Waals surface area (Å²) >= 11 is 0. The second kappa shape index (κ2) is 10.5. The number of aromatic nitrogens is 2. The first-order valence-electron chi connectivity index (χ1n) is 10.9. The van der Waals surface area contributed by atoms with E-state index in [9.17, 15) is 36.3 Å². The molecule has 1 amide bonds. The molecular formula is C24H23F3N4O5S. The standard InChI is InChI=1S/C24H23F3N4O5S/c1-14-12-20(31(30-14)17-7-5-6-16(13-17)29-15(2)32)22(28)18(23(33)34)10-11-37(35,36)21-9-4-3-8-19(21)24(25,26)27/h3-9,12-13,18,28H,10-11H2,1-2H3,(H,29,32)(H,33,34). The van der Waals surface area contributed by atoms with Gasteiger partial charge in [0.25, 0.3) is 0 Å². The Morgan fingerprint density at radius 3 is 2.43 bits per heavy atom. The van der Waals surface area contributed by atoms with Crippen molar-refractivity contribution in [3.05, 3.63) is 71.5 Å². The number of benzene rings is 2. The van der Waals surface area contributed by atoms with Crippen molar-refractivity contribution < 1.29 is 36.3 Å². The van der Waals surface area contributed by atoms with Gasteiger partial charge in [-0.25, -0.2) is 13.1 Å². The van der Waals surface area contributed by atoms with Crippen LogP contribution in [-0.2, 0) is 25.6 Å². The molecular weight excluding hydrogens is 513 g/mol. The summed E-state index contributed by atoms with van der Waals surface area (Å²) < 4.78 is 66.9. The fourth-order valence-electron chi connectivity index (χ4n) is 3.73. The van der Waals surface area contributed by atoms with Crippen molar-refractivity contribution in [2.24, 2.45) is 5.92 Å². The molecule has 1 atom stereocenters. The number of carboxylic acids is 1. The van der Waals surface area contributed by atoms with E-state index in [1.807, 2.05) is 0 Å². The van der Waals surface area contributed by atoms with Crippen molar-refractivity contribution in [2.75, 3.05) is 11.1 Å². The summed E-state index contributed by atoms with van der Waals surface area (Å²) in [5, 5.41) is 25.2. The Bertz CT molecular complexity index is 1470. The van der Waals surface area contributed by atoms with Crippen LogP contribution in [0.1, 0.15) is 30.3 Å². The molecule has 196 valence electrons. The normalized spacial score (nSPS) is 12.7. The highest BCUT2D eigenvalue weighted by Gasteiger charge is 2.37. The predicted molar refractivity (Wildman–Crippen MR) is 129 cm³/mol. The summed E-state index contributed by atoms with van der Waals surface area (Å²) in [7, 11) is -4.54. The van der Waals surface area contributed by atoms with Crippen LogP contribution >= 0.6 is 0 Å². The summed E-state index contributed by atoms with van der Waals surface area (Å²) in [6.45, 7) is 2.93. The van der Waals surface area contributed by atoms with Crippen LogP contribution in [0, 0.1) is 18.3 Å². The average molecular weight is 537 g/mol. The first kappa shape index (κ1) is 27.6. The maximum atomic E-state index is 13.3. The minimum absolute atomic E-state index is 0.0537. The van der Waals surface area contributed by atoms with Crippen molar-refractivity contribution in [1.29, 1.82) is 5.41 Å². The average Bonchev–Trinajstić information content (AvgIpc) is 3.20. The number of nitrogens with zero attached hydrogens (tertiary/aromatic N) is 2. The maximum Gasteiger partial charge on any atom is 0.417 e. The number of halogens is 3. The van der Waals surface area contributed by atoms with E-state index in [0.29, 0.717) is 23.1 Å². The lowest BCUT2D eigenvalue weighted by Crippen LogP contribution is -2.28. The van der Waals surface area contributed by atoms with E-state index >= 15 is 0 Å².